The Bertz CT molecular complexity index is 682. The van der Waals surface area contributed by atoms with Crippen molar-refractivity contribution in [2.24, 2.45) is 0 Å². The number of para-hydroxylation sites is 1. The molecule has 0 radical (unpaired) electrons. The summed E-state index contributed by atoms with van der Waals surface area (Å²) < 4.78 is 0. The number of aromatic carboxylic acids is 1. The Morgan fingerprint density at radius 2 is 2.00 bits per heavy atom. The van der Waals surface area contributed by atoms with Crippen molar-refractivity contribution in [3.63, 3.8) is 0 Å². The second-order valence-corrected chi connectivity index (χ2v) is 5.53. The Morgan fingerprint density at radius 1 is 1.29 bits per heavy atom. The van der Waals surface area contributed by atoms with Crippen molar-refractivity contribution < 1.29 is 14.7 Å². The summed E-state index contributed by atoms with van der Waals surface area (Å²) in [5.74, 6) is -0.999. The quantitative estimate of drug-likeness (QED) is 0.810. The number of thiazole rings is 1. The van der Waals surface area contributed by atoms with E-state index in [-0.39, 0.29) is 17.5 Å². The molecule has 0 bridgehead atoms. The van der Waals surface area contributed by atoms with Gasteiger partial charge >= 0.3 is 12.0 Å². The minimum absolute atomic E-state index is 0.191. The van der Waals surface area contributed by atoms with Gasteiger partial charge in [-0.3, -0.25) is 0 Å². The number of carboxylic acid groups (broad SMARTS) is 1. The summed E-state index contributed by atoms with van der Waals surface area (Å²) in [6.45, 7) is 3.73. The fourth-order valence-electron chi connectivity index (χ4n) is 1.76. The molecule has 1 aromatic heterocycles. The zero-order valence-electron chi connectivity index (χ0n) is 11.6. The molecule has 2 amide bonds. The number of carbonyl (C=O) groups excluding carboxylic acids is 1. The van der Waals surface area contributed by atoms with Crippen molar-refractivity contribution in [2.75, 3.05) is 5.32 Å². The maximum absolute atomic E-state index is 11.8. The van der Waals surface area contributed by atoms with Crippen LogP contribution in [-0.2, 0) is 6.54 Å². The topological polar surface area (TPSA) is 91.3 Å². The highest BCUT2D eigenvalue weighted by Crippen LogP contribution is 2.18. The van der Waals surface area contributed by atoms with Crippen LogP contribution in [-0.4, -0.2) is 22.1 Å². The molecule has 2 rings (SSSR count). The molecule has 3 N–H and O–H groups in total. The van der Waals surface area contributed by atoms with Crippen LogP contribution in [0.1, 0.15) is 25.9 Å². The van der Waals surface area contributed by atoms with Crippen LogP contribution in [0.2, 0.25) is 0 Å². The normalized spacial score (nSPS) is 10.2. The molecule has 0 aliphatic carbocycles. The van der Waals surface area contributed by atoms with Gasteiger partial charge in [0.15, 0.2) is 0 Å². The van der Waals surface area contributed by atoms with Gasteiger partial charge in [0.05, 0.1) is 12.2 Å². The highest BCUT2D eigenvalue weighted by Gasteiger charge is 2.14. The number of rotatable bonds is 4. The standard InChI is InChI=1S/C14H15N3O3S/c1-8-5-3-4-6-10(8)17-14(20)15-7-11-16-9(2)12(21-11)13(18)19/h3-6H,7H2,1-2H3,(H,18,19)(H2,15,17,20). The average Bonchev–Trinajstić information content (AvgIpc) is 2.80. The molecular formula is C14H15N3O3S. The van der Waals surface area contributed by atoms with Crippen LogP contribution in [0.4, 0.5) is 10.5 Å². The number of urea groups is 1. The van der Waals surface area contributed by atoms with Crippen molar-refractivity contribution in [1.82, 2.24) is 10.3 Å². The molecule has 7 heteroatoms. The van der Waals surface area contributed by atoms with Crippen LogP contribution >= 0.6 is 11.3 Å². The monoisotopic (exact) mass is 305 g/mol. The lowest BCUT2D eigenvalue weighted by Crippen LogP contribution is -2.28. The first-order chi connectivity index (χ1) is 9.97. The fraction of sp³-hybridized carbons (Fsp3) is 0.214. The van der Waals surface area contributed by atoms with Gasteiger partial charge in [-0.15, -0.1) is 11.3 Å². The van der Waals surface area contributed by atoms with Crippen molar-refractivity contribution >= 4 is 29.0 Å². The molecule has 0 saturated heterocycles. The molecule has 110 valence electrons. The number of carbonyl (C=O) groups is 2. The maximum Gasteiger partial charge on any atom is 0.347 e. The summed E-state index contributed by atoms with van der Waals surface area (Å²) in [5, 5.41) is 14.9. The van der Waals surface area contributed by atoms with Crippen LogP contribution < -0.4 is 10.6 Å². The van der Waals surface area contributed by atoms with E-state index in [0.29, 0.717) is 10.7 Å². The fourth-order valence-corrected chi connectivity index (χ4v) is 2.61. The summed E-state index contributed by atoms with van der Waals surface area (Å²) in [4.78, 5) is 27.0. The lowest BCUT2D eigenvalue weighted by molar-refractivity contribution is 0.0701. The number of nitrogens with zero attached hydrogens (tertiary/aromatic N) is 1. The summed E-state index contributed by atoms with van der Waals surface area (Å²) >= 11 is 1.07. The van der Waals surface area contributed by atoms with Gasteiger partial charge in [0, 0.05) is 5.69 Å². The minimum Gasteiger partial charge on any atom is -0.477 e. The minimum atomic E-state index is -0.999. The SMILES string of the molecule is Cc1ccccc1NC(=O)NCc1nc(C)c(C(=O)O)s1. The summed E-state index contributed by atoms with van der Waals surface area (Å²) in [6, 6.07) is 7.09. The maximum atomic E-state index is 11.8. The summed E-state index contributed by atoms with van der Waals surface area (Å²) in [6.07, 6.45) is 0. The van der Waals surface area contributed by atoms with Gasteiger partial charge in [-0.25, -0.2) is 14.6 Å². The Hall–Kier alpha value is -2.41. The van der Waals surface area contributed by atoms with Crippen LogP contribution in [0.25, 0.3) is 0 Å². The van der Waals surface area contributed by atoms with Crippen LogP contribution in [0.15, 0.2) is 24.3 Å². The van der Waals surface area contributed by atoms with Gasteiger partial charge in [-0.05, 0) is 25.5 Å². The largest absolute Gasteiger partial charge is 0.477 e. The number of aromatic nitrogens is 1. The molecule has 0 spiro atoms. The van der Waals surface area contributed by atoms with Gasteiger partial charge < -0.3 is 15.7 Å². The van der Waals surface area contributed by atoms with E-state index in [1.54, 1.807) is 6.92 Å². The molecule has 0 atom stereocenters. The van der Waals surface area contributed by atoms with Gasteiger partial charge in [0.2, 0.25) is 0 Å². The second kappa shape index (κ2) is 6.36. The molecule has 1 heterocycles. The van der Waals surface area contributed by atoms with Crippen molar-refractivity contribution in [3.8, 4) is 0 Å². The third kappa shape index (κ3) is 3.79. The van der Waals surface area contributed by atoms with Gasteiger partial charge in [-0.1, -0.05) is 18.2 Å². The number of hydrogen-bond acceptors (Lipinski definition) is 4. The number of aryl methyl sites for hydroxylation is 2. The molecule has 6 nitrogen and oxygen atoms in total. The van der Waals surface area contributed by atoms with E-state index in [4.69, 9.17) is 5.11 Å². The van der Waals surface area contributed by atoms with E-state index in [1.165, 1.54) is 0 Å². The number of amides is 2. The van der Waals surface area contributed by atoms with E-state index in [0.717, 1.165) is 22.6 Å². The van der Waals surface area contributed by atoms with Crippen LogP contribution in [0.3, 0.4) is 0 Å². The van der Waals surface area contributed by atoms with E-state index in [9.17, 15) is 9.59 Å². The highest BCUT2D eigenvalue weighted by atomic mass is 32.1. The van der Waals surface area contributed by atoms with Crippen molar-refractivity contribution in [3.05, 3.63) is 45.4 Å². The lowest BCUT2D eigenvalue weighted by atomic mass is 10.2. The number of anilines is 1. The Balaban J connectivity index is 1.94. The molecule has 0 fully saturated rings. The van der Waals surface area contributed by atoms with Gasteiger partial charge in [-0.2, -0.15) is 0 Å². The third-order valence-corrected chi connectivity index (χ3v) is 3.97. The van der Waals surface area contributed by atoms with E-state index >= 15 is 0 Å². The molecular weight excluding hydrogens is 290 g/mol. The Labute approximate surface area is 125 Å². The first-order valence-electron chi connectivity index (χ1n) is 6.27. The summed E-state index contributed by atoms with van der Waals surface area (Å²) in [5.41, 5.74) is 2.16. The number of nitrogens with one attached hydrogen (secondary N) is 2. The van der Waals surface area contributed by atoms with Gasteiger partial charge in [0.25, 0.3) is 0 Å². The highest BCUT2D eigenvalue weighted by molar-refractivity contribution is 7.13. The molecule has 0 aliphatic heterocycles. The number of benzene rings is 1. The lowest BCUT2D eigenvalue weighted by Gasteiger charge is -2.08. The predicted octanol–water partition coefficient (Wildman–Crippen LogP) is 2.78. The molecule has 0 unspecified atom stereocenters. The first-order valence-corrected chi connectivity index (χ1v) is 7.09. The average molecular weight is 305 g/mol. The van der Waals surface area contributed by atoms with E-state index < -0.39 is 5.97 Å². The first kappa shape index (κ1) is 15.0. The van der Waals surface area contributed by atoms with E-state index in [1.807, 2.05) is 31.2 Å². The molecule has 2 aromatic rings. The molecule has 21 heavy (non-hydrogen) atoms. The van der Waals surface area contributed by atoms with Crippen molar-refractivity contribution in [1.29, 1.82) is 0 Å². The number of carboxylic acids is 1. The second-order valence-electron chi connectivity index (χ2n) is 4.45. The van der Waals surface area contributed by atoms with Gasteiger partial charge in [0.1, 0.15) is 9.88 Å². The van der Waals surface area contributed by atoms with E-state index in [2.05, 4.69) is 15.6 Å². The molecule has 0 saturated carbocycles. The third-order valence-electron chi connectivity index (χ3n) is 2.83. The molecule has 0 aliphatic rings. The van der Waals surface area contributed by atoms with Crippen LogP contribution in [0.5, 0.6) is 0 Å². The zero-order valence-corrected chi connectivity index (χ0v) is 12.5. The smallest absolute Gasteiger partial charge is 0.347 e. The van der Waals surface area contributed by atoms with Crippen LogP contribution in [0, 0.1) is 13.8 Å². The number of hydrogen-bond donors (Lipinski definition) is 3. The Morgan fingerprint density at radius 3 is 2.62 bits per heavy atom. The predicted molar refractivity (Wildman–Crippen MR) is 80.8 cm³/mol. The molecule has 1 aromatic carbocycles. The Kier molecular flexibility index (Phi) is 4.54. The summed E-state index contributed by atoms with van der Waals surface area (Å²) in [7, 11) is 0. The zero-order chi connectivity index (χ0) is 15.4. The van der Waals surface area contributed by atoms with Crippen molar-refractivity contribution in [2.45, 2.75) is 20.4 Å².